The third-order valence-electron chi connectivity index (χ3n) is 2.65. The highest BCUT2D eigenvalue weighted by atomic mass is 35.5. The monoisotopic (exact) mass is 247 g/mol. The number of rotatable bonds is 3. The van der Waals surface area contributed by atoms with Crippen molar-refractivity contribution in [1.82, 2.24) is 0 Å². The Labute approximate surface area is 106 Å². The van der Waals surface area contributed by atoms with E-state index in [1.54, 1.807) is 7.11 Å². The highest BCUT2D eigenvalue weighted by molar-refractivity contribution is 6.30. The Balaban J connectivity index is 2.29. The molecule has 2 aromatic rings. The summed E-state index contributed by atoms with van der Waals surface area (Å²) >= 11 is 5.87. The Morgan fingerprint density at radius 3 is 2.35 bits per heavy atom. The fourth-order valence-electron chi connectivity index (χ4n) is 1.63. The van der Waals surface area contributed by atoms with E-state index >= 15 is 0 Å². The Morgan fingerprint density at radius 2 is 1.71 bits per heavy atom. The molecule has 2 aromatic carbocycles. The van der Waals surface area contributed by atoms with Gasteiger partial charge in [0.15, 0.2) is 0 Å². The minimum Gasteiger partial charge on any atom is -0.497 e. The van der Waals surface area contributed by atoms with Gasteiger partial charge >= 0.3 is 0 Å². The number of benzene rings is 2. The van der Waals surface area contributed by atoms with Crippen molar-refractivity contribution >= 4 is 23.0 Å². The third kappa shape index (κ3) is 2.71. The summed E-state index contributed by atoms with van der Waals surface area (Å²) in [5.74, 6) is 0.850. The fraction of sp³-hybridized carbons (Fsp3) is 0.143. The second-order valence-electron chi connectivity index (χ2n) is 3.74. The lowest BCUT2D eigenvalue weighted by Crippen LogP contribution is -2.09. The average molecular weight is 248 g/mol. The highest BCUT2D eigenvalue weighted by Gasteiger charge is 2.04. The maximum Gasteiger partial charge on any atom is 0.120 e. The molecule has 0 saturated heterocycles. The number of anilines is 2. The van der Waals surface area contributed by atoms with Crippen LogP contribution in [-0.4, -0.2) is 14.2 Å². The molecule has 0 aromatic heterocycles. The van der Waals surface area contributed by atoms with E-state index in [4.69, 9.17) is 16.3 Å². The van der Waals surface area contributed by atoms with Crippen molar-refractivity contribution in [3.05, 3.63) is 53.6 Å². The number of halogens is 1. The van der Waals surface area contributed by atoms with Crippen molar-refractivity contribution < 1.29 is 4.74 Å². The molecule has 0 heterocycles. The van der Waals surface area contributed by atoms with Gasteiger partial charge in [0, 0.05) is 29.5 Å². The maximum atomic E-state index is 5.87. The molecule has 0 radical (unpaired) electrons. The molecule has 88 valence electrons. The molecule has 17 heavy (non-hydrogen) atoms. The summed E-state index contributed by atoms with van der Waals surface area (Å²) in [6.45, 7) is 0. The number of methoxy groups -OCH3 is 1. The molecule has 0 bridgehead atoms. The van der Waals surface area contributed by atoms with Crippen molar-refractivity contribution in [2.45, 2.75) is 0 Å². The Morgan fingerprint density at radius 1 is 1.00 bits per heavy atom. The summed E-state index contributed by atoms with van der Waals surface area (Å²) < 4.78 is 5.21. The van der Waals surface area contributed by atoms with Crippen LogP contribution in [0.1, 0.15) is 0 Å². The first kappa shape index (κ1) is 11.8. The molecule has 2 rings (SSSR count). The molecule has 0 aliphatic carbocycles. The first-order valence-corrected chi connectivity index (χ1v) is 5.72. The van der Waals surface area contributed by atoms with Crippen LogP contribution in [0.4, 0.5) is 11.4 Å². The van der Waals surface area contributed by atoms with E-state index in [9.17, 15) is 0 Å². The molecular weight excluding hydrogens is 234 g/mol. The van der Waals surface area contributed by atoms with Crippen LogP contribution in [0.25, 0.3) is 0 Å². The van der Waals surface area contributed by atoms with Gasteiger partial charge < -0.3 is 9.64 Å². The summed E-state index contributed by atoms with van der Waals surface area (Å²) in [5, 5.41) is 0.743. The fourth-order valence-corrected chi connectivity index (χ4v) is 1.76. The van der Waals surface area contributed by atoms with Gasteiger partial charge in [0.25, 0.3) is 0 Å². The van der Waals surface area contributed by atoms with E-state index in [1.807, 2.05) is 55.6 Å². The summed E-state index contributed by atoms with van der Waals surface area (Å²) in [4.78, 5) is 2.08. The van der Waals surface area contributed by atoms with Crippen LogP contribution in [0.5, 0.6) is 5.75 Å². The van der Waals surface area contributed by atoms with Gasteiger partial charge in [-0.25, -0.2) is 0 Å². The highest BCUT2D eigenvalue weighted by Crippen LogP contribution is 2.27. The van der Waals surface area contributed by atoms with Gasteiger partial charge in [-0.3, -0.25) is 0 Å². The van der Waals surface area contributed by atoms with Crippen molar-refractivity contribution in [3.8, 4) is 5.75 Å². The molecule has 0 N–H and O–H groups in total. The average Bonchev–Trinajstić information content (AvgIpc) is 2.39. The van der Waals surface area contributed by atoms with E-state index in [1.165, 1.54) is 0 Å². The quantitative estimate of drug-likeness (QED) is 0.809. The van der Waals surface area contributed by atoms with Crippen LogP contribution < -0.4 is 9.64 Å². The summed E-state index contributed by atoms with van der Waals surface area (Å²) in [6.07, 6.45) is 0. The standard InChI is InChI=1S/C14H14ClNO/c1-16(12-8-6-11(15)7-9-12)13-4-3-5-14(10-13)17-2/h3-10H,1-2H3. The maximum absolute atomic E-state index is 5.87. The molecule has 2 nitrogen and oxygen atoms in total. The molecular formula is C14H14ClNO. The van der Waals surface area contributed by atoms with Gasteiger partial charge in [-0.05, 0) is 36.4 Å². The second kappa shape index (κ2) is 5.11. The third-order valence-corrected chi connectivity index (χ3v) is 2.91. The van der Waals surface area contributed by atoms with Crippen LogP contribution in [0.2, 0.25) is 5.02 Å². The molecule has 0 aliphatic rings. The lowest BCUT2D eigenvalue weighted by Gasteiger charge is -2.20. The Hall–Kier alpha value is -1.67. The lowest BCUT2D eigenvalue weighted by atomic mass is 10.2. The Kier molecular flexibility index (Phi) is 3.55. The summed E-state index contributed by atoms with van der Waals surface area (Å²) in [7, 11) is 3.68. The minimum atomic E-state index is 0.743. The van der Waals surface area contributed by atoms with E-state index < -0.39 is 0 Å². The molecule has 0 spiro atoms. The molecule has 0 unspecified atom stereocenters. The second-order valence-corrected chi connectivity index (χ2v) is 4.17. The van der Waals surface area contributed by atoms with Crippen LogP contribution in [-0.2, 0) is 0 Å². The number of ether oxygens (including phenoxy) is 1. The van der Waals surface area contributed by atoms with Crippen molar-refractivity contribution in [1.29, 1.82) is 0 Å². The largest absolute Gasteiger partial charge is 0.497 e. The zero-order valence-corrected chi connectivity index (χ0v) is 10.6. The van der Waals surface area contributed by atoms with E-state index in [-0.39, 0.29) is 0 Å². The minimum absolute atomic E-state index is 0.743. The topological polar surface area (TPSA) is 12.5 Å². The number of nitrogens with zero attached hydrogens (tertiary/aromatic N) is 1. The lowest BCUT2D eigenvalue weighted by molar-refractivity contribution is 0.415. The van der Waals surface area contributed by atoms with Gasteiger partial charge in [-0.1, -0.05) is 17.7 Å². The van der Waals surface area contributed by atoms with Gasteiger partial charge in [0.2, 0.25) is 0 Å². The van der Waals surface area contributed by atoms with E-state index in [2.05, 4.69) is 4.90 Å². The molecule has 0 amide bonds. The van der Waals surface area contributed by atoms with E-state index in [0.29, 0.717) is 0 Å². The molecule has 0 atom stereocenters. The van der Waals surface area contributed by atoms with Crippen LogP contribution in [0.15, 0.2) is 48.5 Å². The predicted octanol–water partition coefficient (Wildman–Crippen LogP) is 4.12. The first-order valence-electron chi connectivity index (χ1n) is 5.34. The smallest absolute Gasteiger partial charge is 0.120 e. The summed E-state index contributed by atoms with van der Waals surface area (Å²) in [6, 6.07) is 15.7. The number of hydrogen-bond acceptors (Lipinski definition) is 2. The zero-order valence-electron chi connectivity index (χ0n) is 9.85. The van der Waals surface area contributed by atoms with Crippen molar-refractivity contribution in [2.24, 2.45) is 0 Å². The normalized spacial score (nSPS) is 10.1. The van der Waals surface area contributed by atoms with Crippen LogP contribution >= 0.6 is 11.6 Å². The first-order chi connectivity index (χ1) is 8.20. The van der Waals surface area contributed by atoms with Crippen LogP contribution in [0.3, 0.4) is 0 Å². The Bertz CT molecular complexity index is 496. The predicted molar refractivity (Wildman–Crippen MR) is 72.5 cm³/mol. The van der Waals surface area contributed by atoms with Crippen molar-refractivity contribution in [2.75, 3.05) is 19.1 Å². The van der Waals surface area contributed by atoms with Gasteiger partial charge in [-0.2, -0.15) is 0 Å². The van der Waals surface area contributed by atoms with Gasteiger partial charge in [0.05, 0.1) is 7.11 Å². The number of hydrogen-bond donors (Lipinski definition) is 0. The SMILES string of the molecule is COc1cccc(N(C)c2ccc(Cl)cc2)c1. The zero-order chi connectivity index (χ0) is 12.3. The molecule has 0 fully saturated rings. The van der Waals surface area contributed by atoms with Crippen molar-refractivity contribution in [3.63, 3.8) is 0 Å². The summed E-state index contributed by atoms with van der Waals surface area (Å²) in [5.41, 5.74) is 2.16. The van der Waals surface area contributed by atoms with Gasteiger partial charge in [-0.15, -0.1) is 0 Å². The van der Waals surface area contributed by atoms with Gasteiger partial charge in [0.1, 0.15) is 5.75 Å². The van der Waals surface area contributed by atoms with E-state index in [0.717, 1.165) is 22.1 Å². The van der Waals surface area contributed by atoms with Crippen LogP contribution in [0, 0.1) is 0 Å². The molecule has 0 saturated carbocycles. The molecule has 3 heteroatoms. The molecule has 0 aliphatic heterocycles.